The first-order valence-corrected chi connectivity index (χ1v) is 8.69. The number of rotatable bonds is 3. The standard InChI is InChI=1S/C18H17NO2S/c1-14-4-8-17(9-5-14)22(20,21)18-10-6-15(7-11-18)16-3-2-12-19-13-16/h2-4,6-14H,5H2,1H3. The molecule has 3 nitrogen and oxygen atoms in total. The van der Waals surface area contributed by atoms with Crippen molar-refractivity contribution in [1.82, 2.24) is 4.98 Å². The first-order chi connectivity index (χ1) is 10.6. The maximum absolute atomic E-state index is 12.6. The molecule has 0 amide bonds. The minimum absolute atomic E-state index is 0.325. The van der Waals surface area contributed by atoms with Crippen LogP contribution in [-0.4, -0.2) is 13.4 Å². The lowest BCUT2D eigenvalue weighted by molar-refractivity contribution is 0.602. The Kier molecular flexibility index (Phi) is 3.94. The molecule has 1 atom stereocenters. The second kappa shape index (κ2) is 5.89. The number of sulfone groups is 1. The molecular formula is C18H17NO2S. The van der Waals surface area contributed by atoms with Gasteiger partial charge in [0.05, 0.1) is 9.80 Å². The zero-order valence-electron chi connectivity index (χ0n) is 12.3. The summed E-state index contributed by atoms with van der Waals surface area (Å²) < 4.78 is 25.2. The zero-order valence-corrected chi connectivity index (χ0v) is 13.1. The molecule has 3 rings (SSSR count). The topological polar surface area (TPSA) is 47.0 Å². The van der Waals surface area contributed by atoms with Crippen molar-refractivity contribution in [2.75, 3.05) is 0 Å². The number of benzene rings is 1. The molecule has 0 fully saturated rings. The summed E-state index contributed by atoms with van der Waals surface area (Å²) in [4.78, 5) is 4.79. The van der Waals surface area contributed by atoms with E-state index in [4.69, 9.17) is 0 Å². The molecule has 2 aromatic rings. The van der Waals surface area contributed by atoms with Crippen molar-refractivity contribution < 1.29 is 8.42 Å². The van der Waals surface area contributed by atoms with Crippen molar-refractivity contribution in [3.63, 3.8) is 0 Å². The van der Waals surface area contributed by atoms with E-state index >= 15 is 0 Å². The van der Waals surface area contributed by atoms with E-state index in [9.17, 15) is 8.42 Å². The maximum atomic E-state index is 12.6. The Morgan fingerprint density at radius 1 is 1.09 bits per heavy atom. The molecule has 0 aliphatic heterocycles. The molecule has 22 heavy (non-hydrogen) atoms. The van der Waals surface area contributed by atoms with Crippen molar-refractivity contribution in [2.24, 2.45) is 5.92 Å². The summed E-state index contributed by atoms with van der Waals surface area (Å²) in [6, 6.07) is 10.8. The number of hydrogen-bond donors (Lipinski definition) is 0. The fraction of sp³-hybridized carbons (Fsp3) is 0.167. The van der Waals surface area contributed by atoms with E-state index in [2.05, 4.69) is 11.9 Å². The third-order valence-corrected chi connectivity index (χ3v) is 5.57. The monoisotopic (exact) mass is 311 g/mol. The minimum atomic E-state index is -3.43. The van der Waals surface area contributed by atoms with Crippen LogP contribution in [-0.2, 0) is 9.84 Å². The van der Waals surface area contributed by atoms with Crippen LogP contribution in [0.5, 0.6) is 0 Å². The van der Waals surface area contributed by atoms with Gasteiger partial charge in [0.25, 0.3) is 0 Å². The number of aromatic nitrogens is 1. The molecule has 0 N–H and O–H groups in total. The summed E-state index contributed by atoms with van der Waals surface area (Å²) in [6.07, 6.45) is 9.69. The summed E-state index contributed by atoms with van der Waals surface area (Å²) >= 11 is 0. The van der Waals surface area contributed by atoms with Crippen LogP contribution < -0.4 is 0 Å². The molecule has 0 spiro atoms. The molecule has 1 heterocycles. The Morgan fingerprint density at radius 2 is 1.86 bits per heavy atom. The first kappa shape index (κ1) is 14.7. The molecule has 0 bridgehead atoms. The third-order valence-electron chi connectivity index (χ3n) is 3.75. The van der Waals surface area contributed by atoms with Gasteiger partial charge in [0.2, 0.25) is 9.84 Å². The van der Waals surface area contributed by atoms with E-state index < -0.39 is 9.84 Å². The Morgan fingerprint density at radius 3 is 2.45 bits per heavy atom. The summed E-state index contributed by atoms with van der Waals surface area (Å²) in [5.41, 5.74) is 1.92. The van der Waals surface area contributed by atoms with E-state index in [1.165, 1.54) is 0 Å². The number of hydrogen-bond acceptors (Lipinski definition) is 3. The van der Waals surface area contributed by atoms with Gasteiger partial charge in [0.15, 0.2) is 0 Å². The van der Waals surface area contributed by atoms with Gasteiger partial charge in [0, 0.05) is 12.4 Å². The number of pyridine rings is 1. The largest absolute Gasteiger partial charge is 0.264 e. The van der Waals surface area contributed by atoms with Gasteiger partial charge < -0.3 is 0 Å². The average molecular weight is 311 g/mol. The van der Waals surface area contributed by atoms with Crippen LogP contribution in [0.3, 0.4) is 0 Å². The highest BCUT2D eigenvalue weighted by Crippen LogP contribution is 2.27. The van der Waals surface area contributed by atoms with Crippen molar-refractivity contribution in [3.05, 3.63) is 71.9 Å². The molecule has 0 saturated heterocycles. The zero-order chi connectivity index (χ0) is 15.6. The van der Waals surface area contributed by atoms with Gasteiger partial charge in [-0.1, -0.05) is 37.3 Å². The van der Waals surface area contributed by atoms with Crippen molar-refractivity contribution in [3.8, 4) is 11.1 Å². The normalized spacial score (nSPS) is 18.0. The van der Waals surface area contributed by atoms with Crippen molar-refractivity contribution in [2.45, 2.75) is 18.2 Å². The van der Waals surface area contributed by atoms with Gasteiger partial charge in [-0.25, -0.2) is 8.42 Å². The Hall–Kier alpha value is -2.20. The smallest absolute Gasteiger partial charge is 0.206 e. The highest BCUT2D eigenvalue weighted by molar-refractivity contribution is 7.95. The molecule has 1 aromatic heterocycles. The van der Waals surface area contributed by atoms with Crippen molar-refractivity contribution >= 4 is 9.84 Å². The van der Waals surface area contributed by atoms with E-state index in [1.807, 2.05) is 30.3 Å². The second-order valence-electron chi connectivity index (χ2n) is 5.45. The summed E-state index contributed by atoms with van der Waals surface area (Å²) in [6.45, 7) is 2.07. The van der Waals surface area contributed by atoms with Crippen LogP contribution in [0.1, 0.15) is 13.3 Å². The Balaban J connectivity index is 1.91. The SMILES string of the molecule is CC1C=CC(S(=O)(=O)c2ccc(-c3cccnc3)cc2)=CC1. The molecule has 1 aromatic carbocycles. The summed E-state index contributed by atoms with van der Waals surface area (Å²) in [7, 11) is -3.43. The van der Waals surface area contributed by atoms with Crippen LogP contribution in [0.4, 0.5) is 0 Å². The van der Waals surface area contributed by atoms with Gasteiger partial charge in [-0.3, -0.25) is 4.98 Å². The highest BCUT2D eigenvalue weighted by Gasteiger charge is 2.20. The average Bonchev–Trinajstić information content (AvgIpc) is 2.56. The van der Waals surface area contributed by atoms with E-state index in [1.54, 1.807) is 36.7 Å². The number of nitrogens with zero attached hydrogens (tertiary/aromatic N) is 1. The lowest BCUT2D eigenvalue weighted by Crippen LogP contribution is -2.06. The van der Waals surface area contributed by atoms with Gasteiger partial charge in [-0.05, 0) is 47.7 Å². The minimum Gasteiger partial charge on any atom is -0.264 e. The predicted octanol–water partition coefficient (Wildman–Crippen LogP) is 4.00. The Bertz CT molecular complexity index is 819. The summed E-state index contributed by atoms with van der Waals surface area (Å²) in [5, 5.41) is 0. The van der Waals surface area contributed by atoms with E-state index in [0.717, 1.165) is 17.5 Å². The van der Waals surface area contributed by atoms with Gasteiger partial charge >= 0.3 is 0 Å². The van der Waals surface area contributed by atoms with Crippen LogP contribution in [0.15, 0.2) is 76.8 Å². The molecule has 1 unspecified atom stereocenters. The predicted molar refractivity (Wildman–Crippen MR) is 87.9 cm³/mol. The second-order valence-corrected chi connectivity index (χ2v) is 7.40. The van der Waals surface area contributed by atoms with Gasteiger partial charge in [-0.15, -0.1) is 0 Å². The van der Waals surface area contributed by atoms with Crippen molar-refractivity contribution in [1.29, 1.82) is 0 Å². The maximum Gasteiger partial charge on any atom is 0.206 e. The Labute approximate surface area is 131 Å². The van der Waals surface area contributed by atoms with E-state index in [-0.39, 0.29) is 0 Å². The molecule has 0 saturated carbocycles. The molecule has 4 heteroatoms. The lowest BCUT2D eigenvalue weighted by atomic mass is 10.0. The fourth-order valence-electron chi connectivity index (χ4n) is 2.40. The quantitative estimate of drug-likeness (QED) is 0.860. The highest BCUT2D eigenvalue weighted by atomic mass is 32.2. The molecule has 0 radical (unpaired) electrons. The third kappa shape index (κ3) is 2.88. The van der Waals surface area contributed by atoms with E-state index in [0.29, 0.717) is 15.7 Å². The molecular weight excluding hydrogens is 294 g/mol. The molecule has 1 aliphatic carbocycles. The van der Waals surface area contributed by atoms with Gasteiger partial charge in [-0.2, -0.15) is 0 Å². The number of allylic oxidation sites excluding steroid dienone is 3. The van der Waals surface area contributed by atoms with Crippen LogP contribution >= 0.6 is 0 Å². The first-order valence-electron chi connectivity index (χ1n) is 7.21. The van der Waals surface area contributed by atoms with Crippen LogP contribution in [0.2, 0.25) is 0 Å². The van der Waals surface area contributed by atoms with Crippen LogP contribution in [0.25, 0.3) is 11.1 Å². The van der Waals surface area contributed by atoms with Gasteiger partial charge in [0.1, 0.15) is 0 Å². The molecule has 1 aliphatic rings. The fourth-order valence-corrected chi connectivity index (χ4v) is 3.74. The van der Waals surface area contributed by atoms with Crippen LogP contribution in [0, 0.1) is 5.92 Å². The lowest BCUT2D eigenvalue weighted by Gasteiger charge is -2.12. The molecule has 112 valence electrons. The summed E-state index contributed by atoms with van der Waals surface area (Å²) in [5.74, 6) is 0.395.